The average molecular weight is 311 g/mol. The number of unbranched alkanes of at least 4 members (excludes halogenated alkanes) is 1. The first kappa shape index (κ1) is 24.3. The third-order valence-corrected chi connectivity index (χ3v) is 2.27. The van der Waals surface area contributed by atoms with Gasteiger partial charge in [0, 0.05) is 6.42 Å². The molecular weight excluding hydrogens is 286 g/mol. The molecule has 0 fully saturated rings. The summed E-state index contributed by atoms with van der Waals surface area (Å²) in [5.74, 6) is -3.13. The van der Waals surface area contributed by atoms with E-state index in [0.717, 1.165) is 12.8 Å². The number of hydrogen-bond acceptors (Lipinski definition) is 6. The van der Waals surface area contributed by atoms with Crippen LogP contribution in [-0.2, 0) is 14.4 Å². The second-order valence-corrected chi connectivity index (χ2v) is 4.11. The summed E-state index contributed by atoms with van der Waals surface area (Å²) in [5.41, 5.74) is 15.4. The molecule has 0 saturated heterocycles. The third-order valence-electron chi connectivity index (χ3n) is 2.27. The second-order valence-electron chi connectivity index (χ2n) is 4.11. The van der Waals surface area contributed by atoms with E-state index >= 15 is 0 Å². The van der Waals surface area contributed by atoms with Gasteiger partial charge in [-0.2, -0.15) is 0 Å². The van der Waals surface area contributed by atoms with E-state index in [1.165, 1.54) is 0 Å². The van der Waals surface area contributed by atoms with Crippen LogP contribution in [0.2, 0.25) is 0 Å². The quantitative estimate of drug-likeness (QED) is 0.258. The van der Waals surface area contributed by atoms with Crippen molar-refractivity contribution in [2.24, 2.45) is 17.2 Å². The van der Waals surface area contributed by atoms with Crippen LogP contribution in [-0.4, -0.2) is 57.3 Å². The minimum absolute atomic E-state index is 0. The van der Waals surface area contributed by atoms with Crippen molar-refractivity contribution in [2.75, 3.05) is 6.54 Å². The Morgan fingerprint density at radius 1 is 0.857 bits per heavy atom. The maximum absolute atomic E-state index is 10.1. The van der Waals surface area contributed by atoms with Gasteiger partial charge in [-0.25, -0.2) is 0 Å². The van der Waals surface area contributed by atoms with Gasteiger partial charge in [0.2, 0.25) is 0 Å². The molecule has 0 rings (SSSR count). The van der Waals surface area contributed by atoms with Gasteiger partial charge in [-0.3, -0.25) is 14.4 Å². The van der Waals surface area contributed by atoms with Crippen molar-refractivity contribution in [3.63, 3.8) is 0 Å². The predicted octanol–water partition coefficient (Wildman–Crippen LogP) is -2.03. The highest BCUT2D eigenvalue weighted by Gasteiger charge is 2.12. The molecule has 0 unspecified atom stereocenters. The van der Waals surface area contributed by atoms with Crippen LogP contribution in [0.3, 0.4) is 0 Å². The Kier molecular flexibility index (Phi) is 16.9. The lowest BCUT2D eigenvalue weighted by atomic mass is 10.1. The molecule has 0 bridgehead atoms. The first-order valence-electron chi connectivity index (χ1n) is 6.11. The van der Waals surface area contributed by atoms with Gasteiger partial charge in [0.25, 0.3) is 0 Å². The van der Waals surface area contributed by atoms with Crippen molar-refractivity contribution in [1.29, 1.82) is 0 Å². The Morgan fingerprint density at radius 2 is 1.29 bits per heavy atom. The lowest BCUT2D eigenvalue weighted by Gasteiger charge is -2.03. The Balaban J connectivity index is -0.000000295. The first-order valence-corrected chi connectivity index (χ1v) is 6.11. The molecule has 0 aromatic carbocycles. The van der Waals surface area contributed by atoms with Crippen molar-refractivity contribution in [2.45, 2.75) is 44.2 Å². The minimum Gasteiger partial charge on any atom is -0.481 e. The van der Waals surface area contributed by atoms with Gasteiger partial charge in [-0.15, -0.1) is 0 Å². The molecule has 0 radical (unpaired) electrons. The lowest BCUT2D eigenvalue weighted by Crippen LogP contribution is -2.30. The maximum Gasteiger partial charge on any atom is 0.320 e. The summed E-state index contributed by atoms with van der Waals surface area (Å²) >= 11 is 0. The highest BCUT2D eigenvalue weighted by Crippen LogP contribution is 1.97. The number of carboxylic acids is 3. The Labute approximate surface area is 122 Å². The van der Waals surface area contributed by atoms with Crippen LogP contribution in [0.1, 0.15) is 32.1 Å². The van der Waals surface area contributed by atoms with Crippen LogP contribution in [0.5, 0.6) is 0 Å². The zero-order chi connectivity index (χ0) is 16.1. The SMILES string of the molecule is NCCCC[C@H](N)C(=O)O.N[C@@H](CCC(=O)O)C(=O)O.O. The van der Waals surface area contributed by atoms with Crippen molar-refractivity contribution in [1.82, 2.24) is 0 Å². The van der Waals surface area contributed by atoms with E-state index in [1.807, 2.05) is 0 Å². The molecule has 0 aliphatic carbocycles. The summed E-state index contributed by atoms with van der Waals surface area (Å²) in [6, 6.07) is -1.78. The van der Waals surface area contributed by atoms with Crippen molar-refractivity contribution in [3.05, 3.63) is 0 Å². The molecule has 0 spiro atoms. The number of hydrogen-bond donors (Lipinski definition) is 6. The van der Waals surface area contributed by atoms with E-state index in [1.54, 1.807) is 0 Å². The fourth-order valence-electron chi connectivity index (χ4n) is 1.03. The predicted molar refractivity (Wildman–Crippen MR) is 74.6 cm³/mol. The summed E-state index contributed by atoms with van der Waals surface area (Å²) in [6.45, 7) is 0.604. The van der Waals surface area contributed by atoms with E-state index in [4.69, 9.17) is 32.5 Å². The summed E-state index contributed by atoms with van der Waals surface area (Å²) in [6.07, 6.45) is 1.94. The fraction of sp³-hybridized carbons (Fsp3) is 0.727. The summed E-state index contributed by atoms with van der Waals surface area (Å²) in [7, 11) is 0. The molecule has 0 aromatic rings. The first-order chi connectivity index (χ1) is 9.22. The maximum atomic E-state index is 10.1. The zero-order valence-electron chi connectivity index (χ0n) is 11.7. The van der Waals surface area contributed by atoms with Crippen LogP contribution in [0.4, 0.5) is 0 Å². The van der Waals surface area contributed by atoms with Crippen molar-refractivity contribution in [3.8, 4) is 0 Å². The van der Waals surface area contributed by atoms with Gasteiger partial charge in [0.05, 0.1) is 0 Å². The number of nitrogens with two attached hydrogens (primary N) is 3. The molecule has 21 heavy (non-hydrogen) atoms. The van der Waals surface area contributed by atoms with Gasteiger partial charge >= 0.3 is 17.9 Å². The number of aliphatic carboxylic acids is 3. The Hall–Kier alpha value is -1.75. The molecule has 10 nitrogen and oxygen atoms in total. The van der Waals surface area contributed by atoms with Gasteiger partial charge in [0.15, 0.2) is 0 Å². The Morgan fingerprint density at radius 3 is 1.62 bits per heavy atom. The molecule has 0 aliphatic heterocycles. The van der Waals surface area contributed by atoms with E-state index in [9.17, 15) is 14.4 Å². The average Bonchev–Trinajstić information content (AvgIpc) is 2.36. The lowest BCUT2D eigenvalue weighted by molar-refractivity contribution is -0.140. The molecule has 0 amide bonds. The smallest absolute Gasteiger partial charge is 0.320 e. The van der Waals surface area contributed by atoms with Crippen LogP contribution in [0.15, 0.2) is 0 Å². The number of carboxylic acid groups (broad SMARTS) is 3. The van der Waals surface area contributed by atoms with Gasteiger partial charge in [-0.05, 0) is 25.8 Å². The standard InChI is InChI=1S/C6H14N2O2.C5H9NO4.H2O/c7-4-2-1-3-5(8)6(9)10;6-3(5(9)10)1-2-4(7)8;/h5H,1-4,7-8H2,(H,9,10);3H,1-2,6H2,(H,7,8)(H,9,10);1H2/t5-;3-;/m00./s1. The zero-order valence-corrected chi connectivity index (χ0v) is 11.7. The summed E-state index contributed by atoms with van der Waals surface area (Å²) in [4.78, 5) is 30.0. The molecule has 2 atom stereocenters. The molecule has 0 heterocycles. The molecule has 0 aliphatic rings. The molecule has 10 heteroatoms. The van der Waals surface area contributed by atoms with Gasteiger partial charge in [0.1, 0.15) is 12.1 Å². The van der Waals surface area contributed by atoms with Gasteiger partial charge in [-0.1, -0.05) is 6.42 Å². The van der Waals surface area contributed by atoms with E-state index in [-0.39, 0.29) is 18.3 Å². The van der Waals surface area contributed by atoms with Gasteiger partial charge < -0.3 is 38.0 Å². The van der Waals surface area contributed by atoms with Crippen LogP contribution >= 0.6 is 0 Å². The monoisotopic (exact) mass is 311 g/mol. The summed E-state index contributed by atoms with van der Waals surface area (Å²) in [5, 5.41) is 24.6. The largest absolute Gasteiger partial charge is 0.481 e. The van der Waals surface area contributed by atoms with E-state index < -0.39 is 30.0 Å². The molecule has 0 aromatic heterocycles. The van der Waals surface area contributed by atoms with Crippen LogP contribution in [0, 0.1) is 0 Å². The van der Waals surface area contributed by atoms with E-state index in [2.05, 4.69) is 0 Å². The highest BCUT2D eigenvalue weighted by atomic mass is 16.4. The number of rotatable bonds is 9. The topological polar surface area (TPSA) is 221 Å². The van der Waals surface area contributed by atoms with Crippen molar-refractivity contribution >= 4 is 17.9 Å². The highest BCUT2D eigenvalue weighted by molar-refractivity contribution is 5.74. The molecular formula is C11H25N3O7. The molecule has 126 valence electrons. The minimum atomic E-state index is -1.17. The fourth-order valence-corrected chi connectivity index (χ4v) is 1.03. The normalized spacial score (nSPS) is 12.1. The second kappa shape index (κ2) is 14.7. The van der Waals surface area contributed by atoms with Crippen LogP contribution < -0.4 is 17.2 Å². The molecule has 11 N–H and O–H groups in total. The van der Waals surface area contributed by atoms with Crippen LogP contribution in [0.25, 0.3) is 0 Å². The Bertz CT molecular complexity index is 312. The van der Waals surface area contributed by atoms with Crippen molar-refractivity contribution < 1.29 is 35.2 Å². The van der Waals surface area contributed by atoms with E-state index in [0.29, 0.717) is 13.0 Å². The third kappa shape index (κ3) is 18.2. The summed E-state index contributed by atoms with van der Waals surface area (Å²) < 4.78 is 0. The molecule has 0 saturated carbocycles. The number of carbonyl (C=O) groups is 3.